The Bertz CT molecular complexity index is 468. The summed E-state index contributed by atoms with van der Waals surface area (Å²) in [6.07, 6.45) is 3.70. The molecule has 0 amide bonds. The Balaban J connectivity index is 2.04. The van der Waals surface area contributed by atoms with Crippen LogP contribution >= 0.6 is 0 Å². The first-order valence-corrected chi connectivity index (χ1v) is 7.84. The highest BCUT2D eigenvalue weighted by molar-refractivity contribution is 5.81. The molecule has 0 heterocycles. The number of esters is 1. The fraction of sp³-hybridized carbons (Fsp3) is 0.611. The zero-order valence-electron chi connectivity index (χ0n) is 13.6. The van der Waals surface area contributed by atoms with Crippen molar-refractivity contribution in [2.24, 2.45) is 0 Å². The van der Waals surface area contributed by atoms with Crippen LogP contribution < -0.4 is 5.32 Å². The summed E-state index contributed by atoms with van der Waals surface area (Å²) in [5.74, 6) is 0.444. The number of likely N-dealkylation sites (N-methyl/N-ethyl adjacent to an activating group) is 1. The number of benzene rings is 1. The summed E-state index contributed by atoms with van der Waals surface area (Å²) in [4.78, 5) is 12.5. The van der Waals surface area contributed by atoms with Gasteiger partial charge in [0.1, 0.15) is 11.1 Å². The van der Waals surface area contributed by atoms with Crippen molar-refractivity contribution in [3.63, 3.8) is 0 Å². The molecule has 1 N–H and O–H groups in total. The van der Waals surface area contributed by atoms with Crippen molar-refractivity contribution in [1.82, 2.24) is 5.32 Å². The zero-order chi connectivity index (χ0) is 15.5. The standard InChI is InChI=1S/C18H27NO2/c1-17(2,3)21-16(20)18(19-4)12-10-15(11-13-18)14-8-6-5-7-9-14/h5-9,15,19H,10-13H2,1-4H3. The van der Waals surface area contributed by atoms with Gasteiger partial charge in [-0.15, -0.1) is 0 Å². The Morgan fingerprint density at radius 3 is 2.24 bits per heavy atom. The Hall–Kier alpha value is -1.35. The smallest absolute Gasteiger partial charge is 0.326 e. The van der Waals surface area contributed by atoms with Crippen LogP contribution in [0.5, 0.6) is 0 Å². The molecule has 1 aromatic rings. The Morgan fingerprint density at radius 2 is 1.76 bits per heavy atom. The first-order valence-electron chi connectivity index (χ1n) is 7.84. The average molecular weight is 289 g/mol. The van der Waals surface area contributed by atoms with Crippen molar-refractivity contribution in [1.29, 1.82) is 0 Å². The largest absolute Gasteiger partial charge is 0.459 e. The van der Waals surface area contributed by atoms with Gasteiger partial charge in [-0.05, 0) is 65.0 Å². The third-order valence-electron chi connectivity index (χ3n) is 4.38. The maximum Gasteiger partial charge on any atom is 0.326 e. The number of carbonyl (C=O) groups excluding carboxylic acids is 1. The lowest BCUT2D eigenvalue weighted by Gasteiger charge is -2.39. The van der Waals surface area contributed by atoms with Gasteiger partial charge in [-0.25, -0.2) is 0 Å². The SMILES string of the molecule is CNC1(C(=O)OC(C)(C)C)CCC(c2ccccc2)CC1. The molecule has 3 nitrogen and oxygen atoms in total. The van der Waals surface area contributed by atoms with Crippen molar-refractivity contribution in [3.05, 3.63) is 35.9 Å². The molecule has 0 aromatic heterocycles. The average Bonchev–Trinajstić information content (AvgIpc) is 2.46. The van der Waals surface area contributed by atoms with E-state index in [0.717, 1.165) is 25.7 Å². The lowest BCUT2D eigenvalue weighted by Crippen LogP contribution is -2.54. The summed E-state index contributed by atoms with van der Waals surface area (Å²) < 4.78 is 5.61. The van der Waals surface area contributed by atoms with Gasteiger partial charge in [-0.1, -0.05) is 30.3 Å². The molecular weight excluding hydrogens is 262 g/mol. The number of hydrogen-bond donors (Lipinski definition) is 1. The molecule has 1 aliphatic carbocycles. The molecule has 1 aromatic carbocycles. The molecule has 0 radical (unpaired) electrons. The Kier molecular flexibility index (Phi) is 4.72. The first kappa shape index (κ1) is 16.0. The van der Waals surface area contributed by atoms with E-state index >= 15 is 0 Å². The van der Waals surface area contributed by atoms with Gasteiger partial charge < -0.3 is 10.1 Å². The van der Waals surface area contributed by atoms with Crippen LogP contribution in [0.3, 0.4) is 0 Å². The molecule has 1 fully saturated rings. The van der Waals surface area contributed by atoms with Gasteiger partial charge in [0.25, 0.3) is 0 Å². The molecule has 0 unspecified atom stereocenters. The Labute approximate surface area is 128 Å². The van der Waals surface area contributed by atoms with Crippen LogP contribution in [0.4, 0.5) is 0 Å². The van der Waals surface area contributed by atoms with Crippen molar-refractivity contribution >= 4 is 5.97 Å². The highest BCUT2D eigenvalue weighted by Gasteiger charge is 2.43. The molecule has 0 saturated heterocycles. The molecule has 0 spiro atoms. The molecule has 116 valence electrons. The predicted octanol–water partition coefficient (Wildman–Crippen LogP) is 3.64. The fourth-order valence-corrected chi connectivity index (χ4v) is 3.10. The summed E-state index contributed by atoms with van der Waals surface area (Å²) in [5.41, 5.74) is 0.432. The molecular formula is C18H27NO2. The fourth-order valence-electron chi connectivity index (χ4n) is 3.10. The van der Waals surface area contributed by atoms with Crippen LogP contribution in [0.1, 0.15) is 57.9 Å². The summed E-state index contributed by atoms with van der Waals surface area (Å²) >= 11 is 0. The van der Waals surface area contributed by atoms with Crippen LogP contribution in [-0.4, -0.2) is 24.2 Å². The summed E-state index contributed by atoms with van der Waals surface area (Å²) in [7, 11) is 1.87. The van der Waals surface area contributed by atoms with E-state index in [4.69, 9.17) is 4.74 Å². The van der Waals surface area contributed by atoms with Gasteiger partial charge in [-0.3, -0.25) is 4.79 Å². The number of hydrogen-bond acceptors (Lipinski definition) is 3. The van der Waals surface area contributed by atoms with Crippen molar-refractivity contribution in [3.8, 4) is 0 Å². The maximum absolute atomic E-state index is 12.5. The van der Waals surface area contributed by atoms with Crippen molar-refractivity contribution in [2.75, 3.05) is 7.05 Å². The molecule has 0 bridgehead atoms. The third-order valence-corrected chi connectivity index (χ3v) is 4.38. The monoisotopic (exact) mass is 289 g/mol. The van der Waals surface area contributed by atoms with Gasteiger partial charge in [0.15, 0.2) is 0 Å². The second-order valence-corrected chi connectivity index (χ2v) is 7.02. The predicted molar refractivity (Wildman–Crippen MR) is 85.3 cm³/mol. The minimum Gasteiger partial charge on any atom is -0.459 e. The first-order chi connectivity index (χ1) is 9.86. The molecule has 0 atom stereocenters. The van der Waals surface area contributed by atoms with E-state index < -0.39 is 11.1 Å². The van der Waals surface area contributed by atoms with Crippen LogP contribution in [0.15, 0.2) is 30.3 Å². The third kappa shape index (κ3) is 3.85. The number of rotatable bonds is 3. The van der Waals surface area contributed by atoms with Gasteiger partial charge in [-0.2, -0.15) is 0 Å². The highest BCUT2D eigenvalue weighted by Crippen LogP contribution is 2.38. The van der Waals surface area contributed by atoms with E-state index in [9.17, 15) is 4.79 Å². The number of ether oxygens (including phenoxy) is 1. The lowest BCUT2D eigenvalue weighted by molar-refractivity contribution is -0.164. The van der Waals surface area contributed by atoms with Crippen LogP contribution in [0, 0.1) is 0 Å². The molecule has 3 heteroatoms. The lowest BCUT2D eigenvalue weighted by atomic mass is 9.74. The van der Waals surface area contributed by atoms with E-state index in [1.807, 2.05) is 33.9 Å². The molecule has 0 aliphatic heterocycles. The molecule has 1 aliphatic rings. The van der Waals surface area contributed by atoms with Gasteiger partial charge in [0.05, 0.1) is 0 Å². The minimum atomic E-state index is -0.515. The van der Waals surface area contributed by atoms with E-state index in [2.05, 4.69) is 29.6 Å². The van der Waals surface area contributed by atoms with Gasteiger partial charge in [0, 0.05) is 0 Å². The van der Waals surface area contributed by atoms with E-state index in [-0.39, 0.29) is 5.97 Å². The minimum absolute atomic E-state index is 0.107. The van der Waals surface area contributed by atoms with Crippen molar-refractivity contribution < 1.29 is 9.53 Å². The Morgan fingerprint density at radius 1 is 1.19 bits per heavy atom. The van der Waals surface area contributed by atoms with Gasteiger partial charge in [0.2, 0.25) is 0 Å². The van der Waals surface area contributed by atoms with E-state index in [1.165, 1.54) is 5.56 Å². The second kappa shape index (κ2) is 6.18. The molecule has 2 rings (SSSR count). The van der Waals surface area contributed by atoms with E-state index in [1.54, 1.807) is 0 Å². The molecule has 1 saturated carbocycles. The number of carbonyl (C=O) groups is 1. The number of nitrogens with one attached hydrogen (secondary N) is 1. The normalized spacial score (nSPS) is 26.4. The quantitative estimate of drug-likeness (QED) is 0.863. The second-order valence-electron chi connectivity index (χ2n) is 7.02. The van der Waals surface area contributed by atoms with E-state index in [0.29, 0.717) is 5.92 Å². The topological polar surface area (TPSA) is 38.3 Å². The zero-order valence-corrected chi connectivity index (χ0v) is 13.6. The summed E-state index contributed by atoms with van der Waals surface area (Å²) in [6, 6.07) is 10.6. The van der Waals surface area contributed by atoms with Crippen LogP contribution in [0.25, 0.3) is 0 Å². The van der Waals surface area contributed by atoms with Crippen molar-refractivity contribution in [2.45, 2.75) is 63.5 Å². The summed E-state index contributed by atoms with van der Waals surface area (Å²) in [6.45, 7) is 5.76. The van der Waals surface area contributed by atoms with Gasteiger partial charge >= 0.3 is 5.97 Å². The highest BCUT2D eigenvalue weighted by atomic mass is 16.6. The molecule has 21 heavy (non-hydrogen) atoms. The van der Waals surface area contributed by atoms with Crippen LogP contribution in [-0.2, 0) is 9.53 Å². The maximum atomic E-state index is 12.5. The summed E-state index contributed by atoms with van der Waals surface area (Å²) in [5, 5.41) is 3.24. The van der Waals surface area contributed by atoms with Crippen LogP contribution in [0.2, 0.25) is 0 Å².